The summed E-state index contributed by atoms with van der Waals surface area (Å²) in [5.74, 6) is -1.49. The fraction of sp³-hybridized carbons (Fsp3) is 0.143. The number of benzene rings is 2. The molecule has 0 heterocycles. The van der Waals surface area contributed by atoms with Gasteiger partial charge in [-0.3, -0.25) is 0 Å². The fourth-order valence-electron chi connectivity index (χ4n) is 1.83. The molecule has 0 saturated heterocycles. The van der Waals surface area contributed by atoms with Crippen LogP contribution in [0.4, 0.5) is 17.6 Å². The number of phenols is 1. The van der Waals surface area contributed by atoms with Crippen molar-refractivity contribution < 1.29 is 27.4 Å². The summed E-state index contributed by atoms with van der Waals surface area (Å²) in [5.41, 5.74) is -1.45. The van der Waals surface area contributed by atoms with Crippen LogP contribution < -0.4 is 4.74 Å². The van der Waals surface area contributed by atoms with E-state index in [0.29, 0.717) is 6.07 Å². The Bertz CT molecular complexity index is 636. The highest BCUT2D eigenvalue weighted by molar-refractivity contribution is 5.68. The summed E-state index contributed by atoms with van der Waals surface area (Å²) in [6, 6.07) is 6.87. The van der Waals surface area contributed by atoms with Crippen molar-refractivity contribution in [1.82, 2.24) is 0 Å². The average Bonchev–Trinajstić information content (AvgIpc) is 2.37. The molecule has 0 fully saturated rings. The van der Waals surface area contributed by atoms with Gasteiger partial charge in [-0.25, -0.2) is 4.39 Å². The molecule has 0 aromatic heterocycles. The van der Waals surface area contributed by atoms with E-state index in [1.54, 1.807) is 0 Å². The Kier molecular flexibility index (Phi) is 3.57. The van der Waals surface area contributed by atoms with Gasteiger partial charge in [-0.15, -0.1) is 0 Å². The second-order valence-corrected chi connectivity index (χ2v) is 4.05. The molecule has 2 aromatic rings. The Labute approximate surface area is 112 Å². The van der Waals surface area contributed by atoms with Gasteiger partial charge in [0.25, 0.3) is 0 Å². The van der Waals surface area contributed by atoms with Crippen LogP contribution in [0.15, 0.2) is 36.4 Å². The number of hydrogen-bond acceptors (Lipinski definition) is 2. The van der Waals surface area contributed by atoms with Crippen LogP contribution in [0.5, 0.6) is 11.5 Å². The predicted molar refractivity (Wildman–Crippen MR) is 65.1 cm³/mol. The molecule has 2 rings (SSSR count). The lowest BCUT2D eigenvalue weighted by Crippen LogP contribution is -2.08. The van der Waals surface area contributed by atoms with Gasteiger partial charge in [0, 0.05) is 5.56 Å². The first kappa shape index (κ1) is 14.2. The number of halogens is 4. The van der Waals surface area contributed by atoms with Gasteiger partial charge >= 0.3 is 6.18 Å². The van der Waals surface area contributed by atoms with Gasteiger partial charge in [0.2, 0.25) is 0 Å². The minimum absolute atomic E-state index is 0.131. The Morgan fingerprint density at radius 3 is 2.35 bits per heavy atom. The van der Waals surface area contributed by atoms with E-state index in [0.717, 1.165) is 12.1 Å². The number of methoxy groups -OCH3 is 1. The second kappa shape index (κ2) is 5.03. The van der Waals surface area contributed by atoms with Crippen LogP contribution in [0.25, 0.3) is 11.1 Å². The molecule has 0 aliphatic carbocycles. The first-order valence-electron chi connectivity index (χ1n) is 5.57. The van der Waals surface area contributed by atoms with E-state index in [-0.39, 0.29) is 22.6 Å². The first-order chi connectivity index (χ1) is 9.34. The van der Waals surface area contributed by atoms with Crippen molar-refractivity contribution in [2.45, 2.75) is 6.18 Å². The van der Waals surface area contributed by atoms with Crippen LogP contribution in [0, 0.1) is 5.82 Å². The van der Waals surface area contributed by atoms with Crippen molar-refractivity contribution in [2.24, 2.45) is 0 Å². The molecule has 0 aliphatic heterocycles. The maximum absolute atomic E-state index is 13.9. The Morgan fingerprint density at radius 2 is 1.80 bits per heavy atom. The van der Waals surface area contributed by atoms with Crippen molar-refractivity contribution in [3.05, 3.63) is 47.8 Å². The number of rotatable bonds is 2. The topological polar surface area (TPSA) is 29.5 Å². The van der Waals surface area contributed by atoms with E-state index in [1.807, 2.05) is 0 Å². The largest absolute Gasteiger partial charge is 0.504 e. The van der Waals surface area contributed by atoms with E-state index >= 15 is 0 Å². The van der Waals surface area contributed by atoms with Gasteiger partial charge < -0.3 is 9.84 Å². The molecule has 2 aromatic carbocycles. The highest BCUT2D eigenvalue weighted by Crippen LogP contribution is 2.37. The normalized spacial score (nSPS) is 11.4. The van der Waals surface area contributed by atoms with Crippen LogP contribution in [0.2, 0.25) is 0 Å². The zero-order valence-corrected chi connectivity index (χ0v) is 10.3. The van der Waals surface area contributed by atoms with Crippen molar-refractivity contribution in [3.8, 4) is 22.6 Å². The van der Waals surface area contributed by atoms with Gasteiger partial charge in [-0.1, -0.05) is 18.2 Å². The van der Waals surface area contributed by atoms with E-state index in [4.69, 9.17) is 4.74 Å². The molecule has 0 radical (unpaired) electrons. The second-order valence-electron chi connectivity index (χ2n) is 4.05. The summed E-state index contributed by atoms with van der Waals surface area (Å²) >= 11 is 0. The summed E-state index contributed by atoms with van der Waals surface area (Å²) in [5, 5.41) is 9.60. The molecule has 0 aliphatic rings. The number of phenolic OH excluding ortho intramolecular Hbond substituents is 1. The molecule has 2 nitrogen and oxygen atoms in total. The SMILES string of the molecule is COc1ccc(-c2cccc(C(F)(F)F)c2F)cc1O. The summed E-state index contributed by atoms with van der Waals surface area (Å²) in [6.07, 6.45) is -4.77. The average molecular weight is 286 g/mol. The minimum Gasteiger partial charge on any atom is -0.504 e. The van der Waals surface area contributed by atoms with Crippen molar-refractivity contribution >= 4 is 0 Å². The predicted octanol–water partition coefficient (Wildman–Crippen LogP) is 4.23. The highest BCUT2D eigenvalue weighted by atomic mass is 19.4. The number of ether oxygens (including phenoxy) is 1. The molecule has 1 N–H and O–H groups in total. The molecule has 0 amide bonds. The maximum Gasteiger partial charge on any atom is 0.419 e. The summed E-state index contributed by atoms with van der Waals surface area (Å²) in [6.45, 7) is 0. The van der Waals surface area contributed by atoms with E-state index in [9.17, 15) is 22.7 Å². The quantitative estimate of drug-likeness (QED) is 0.837. The van der Waals surface area contributed by atoms with Crippen LogP contribution >= 0.6 is 0 Å². The van der Waals surface area contributed by atoms with Crippen molar-refractivity contribution in [1.29, 1.82) is 0 Å². The molecule has 106 valence electrons. The van der Waals surface area contributed by atoms with Gasteiger partial charge in [0.05, 0.1) is 12.7 Å². The van der Waals surface area contributed by atoms with Gasteiger partial charge in [0.1, 0.15) is 5.82 Å². The maximum atomic E-state index is 13.9. The molecule has 0 atom stereocenters. The lowest BCUT2D eigenvalue weighted by Gasteiger charge is -2.12. The van der Waals surface area contributed by atoms with Crippen LogP contribution in [-0.2, 0) is 6.18 Å². The van der Waals surface area contributed by atoms with Crippen molar-refractivity contribution in [3.63, 3.8) is 0 Å². The van der Waals surface area contributed by atoms with E-state index in [2.05, 4.69) is 0 Å². The highest BCUT2D eigenvalue weighted by Gasteiger charge is 2.34. The van der Waals surface area contributed by atoms with Crippen LogP contribution in [-0.4, -0.2) is 12.2 Å². The fourth-order valence-corrected chi connectivity index (χ4v) is 1.83. The third kappa shape index (κ3) is 2.54. The Morgan fingerprint density at radius 1 is 1.10 bits per heavy atom. The van der Waals surface area contributed by atoms with Crippen molar-refractivity contribution in [2.75, 3.05) is 7.11 Å². The molecule has 0 saturated carbocycles. The molecular formula is C14H10F4O2. The summed E-state index contributed by atoms with van der Waals surface area (Å²) in [4.78, 5) is 0. The molecular weight excluding hydrogens is 276 g/mol. The van der Waals surface area contributed by atoms with Gasteiger partial charge in [-0.2, -0.15) is 13.2 Å². The third-order valence-electron chi connectivity index (χ3n) is 2.79. The summed E-state index contributed by atoms with van der Waals surface area (Å²) in [7, 11) is 1.33. The van der Waals surface area contributed by atoms with Crippen LogP contribution in [0.3, 0.4) is 0 Å². The molecule has 20 heavy (non-hydrogen) atoms. The minimum atomic E-state index is -4.77. The monoisotopic (exact) mass is 286 g/mol. The Hall–Kier alpha value is -2.24. The number of alkyl halides is 3. The molecule has 0 bridgehead atoms. The molecule has 0 spiro atoms. The lowest BCUT2D eigenvalue weighted by molar-refractivity contribution is -0.139. The van der Waals surface area contributed by atoms with Gasteiger partial charge in [0.15, 0.2) is 11.5 Å². The zero-order valence-electron chi connectivity index (χ0n) is 10.3. The smallest absolute Gasteiger partial charge is 0.419 e. The molecule has 6 heteroatoms. The number of hydrogen-bond donors (Lipinski definition) is 1. The third-order valence-corrected chi connectivity index (χ3v) is 2.79. The summed E-state index contributed by atoms with van der Waals surface area (Å²) < 4.78 is 56.7. The van der Waals surface area contributed by atoms with Gasteiger partial charge in [-0.05, 0) is 23.8 Å². The first-order valence-corrected chi connectivity index (χ1v) is 5.57. The zero-order chi connectivity index (χ0) is 14.9. The number of aromatic hydroxyl groups is 1. The Balaban J connectivity index is 2.56. The van der Waals surface area contributed by atoms with E-state index in [1.165, 1.54) is 25.3 Å². The molecule has 0 unspecified atom stereocenters. The standard InChI is InChI=1S/C14H10F4O2/c1-20-12-6-5-8(7-11(12)19)9-3-2-4-10(13(9)15)14(16,17)18/h2-7,19H,1H3. The van der Waals surface area contributed by atoms with E-state index < -0.39 is 17.6 Å². The van der Waals surface area contributed by atoms with Crippen LogP contribution in [0.1, 0.15) is 5.56 Å². The lowest BCUT2D eigenvalue weighted by atomic mass is 10.0.